The first-order chi connectivity index (χ1) is 12.9. The van der Waals surface area contributed by atoms with Crippen LogP contribution in [0.4, 0.5) is 0 Å². The second kappa shape index (κ2) is 11.4. The van der Waals surface area contributed by atoms with Gasteiger partial charge in [0.25, 0.3) is 0 Å². The molecule has 0 atom stereocenters. The first kappa shape index (κ1) is 31.7. The minimum atomic E-state index is 0.231. The fourth-order valence-corrected chi connectivity index (χ4v) is 2.49. The zero-order valence-electron chi connectivity index (χ0n) is 24.1. The molecule has 0 heterocycles. The van der Waals surface area contributed by atoms with Crippen molar-refractivity contribution in [3.05, 3.63) is 24.3 Å². The molecule has 0 aromatic heterocycles. The van der Waals surface area contributed by atoms with E-state index in [1.165, 1.54) is 25.7 Å². The van der Waals surface area contributed by atoms with Crippen LogP contribution in [-0.2, 0) is 0 Å². The summed E-state index contributed by atoms with van der Waals surface area (Å²) in [5.74, 6) is 0. The Labute approximate surface area is 193 Å². The summed E-state index contributed by atoms with van der Waals surface area (Å²) >= 11 is 0. The van der Waals surface area contributed by atoms with E-state index in [9.17, 15) is 0 Å². The van der Waals surface area contributed by atoms with Crippen LogP contribution in [0.1, 0.15) is 136 Å². The second-order valence-electron chi connectivity index (χ2n) is 15.0. The van der Waals surface area contributed by atoms with Crippen LogP contribution < -0.4 is 0 Å². The van der Waals surface area contributed by atoms with Crippen molar-refractivity contribution in [3.63, 3.8) is 0 Å². The lowest BCUT2D eigenvalue weighted by molar-refractivity contribution is 0.114. The second-order valence-corrected chi connectivity index (χ2v) is 15.0. The van der Waals surface area contributed by atoms with E-state index in [1.807, 2.05) is 0 Å². The van der Waals surface area contributed by atoms with Crippen molar-refractivity contribution in [2.45, 2.75) is 136 Å². The average Bonchev–Trinajstić information content (AvgIpc) is 2.45. The van der Waals surface area contributed by atoms with Crippen molar-refractivity contribution in [1.29, 1.82) is 0 Å². The molecular weight excluding hydrogens is 360 g/mol. The highest BCUT2D eigenvalue weighted by molar-refractivity contribution is 5.11. The summed E-state index contributed by atoms with van der Waals surface area (Å²) in [5, 5.41) is 0. The van der Waals surface area contributed by atoms with Gasteiger partial charge in [-0.2, -0.15) is 0 Å². The molecule has 0 spiro atoms. The molecule has 0 unspecified atom stereocenters. The van der Waals surface area contributed by atoms with Crippen LogP contribution in [0.15, 0.2) is 24.3 Å². The maximum absolute atomic E-state index is 2.41. The van der Waals surface area contributed by atoms with Crippen LogP contribution in [0, 0.1) is 32.5 Å². The Balaban J connectivity index is 0. The van der Waals surface area contributed by atoms with Crippen LogP contribution in [0.5, 0.6) is 0 Å². The molecule has 180 valence electrons. The number of hydrogen-bond donors (Lipinski definition) is 0. The molecular formula is C30H60. The quantitative estimate of drug-likeness (QED) is 0.296. The van der Waals surface area contributed by atoms with E-state index in [0.29, 0.717) is 21.7 Å². The molecule has 0 saturated carbocycles. The Morgan fingerprint density at radius 1 is 0.467 bits per heavy atom. The maximum atomic E-state index is 2.41. The Kier molecular flexibility index (Phi) is 12.0. The van der Waals surface area contributed by atoms with Gasteiger partial charge in [0.1, 0.15) is 0 Å². The fourth-order valence-electron chi connectivity index (χ4n) is 2.49. The van der Waals surface area contributed by atoms with Gasteiger partial charge in [0, 0.05) is 0 Å². The summed E-state index contributed by atoms with van der Waals surface area (Å²) in [4.78, 5) is 0. The third kappa shape index (κ3) is 15.3. The summed E-state index contributed by atoms with van der Waals surface area (Å²) < 4.78 is 0. The number of allylic oxidation sites excluding steroid dienone is 4. The smallest absolute Gasteiger partial charge is 0.0123 e. The van der Waals surface area contributed by atoms with Gasteiger partial charge in [0.2, 0.25) is 0 Å². The van der Waals surface area contributed by atoms with Gasteiger partial charge >= 0.3 is 0 Å². The monoisotopic (exact) mass is 420 g/mol. The van der Waals surface area contributed by atoms with Gasteiger partial charge in [0.15, 0.2) is 0 Å². The lowest BCUT2D eigenvalue weighted by Crippen LogP contribution is -2.29. The molecule has 0 nitrogen and oxygen atoms in total. The third-order valence-electron chi connectivity index (χ3n) is 7.16. The third-order valence-corrected chi connectivity index (χ3v) is 7.16. The van der Waals surface area contributed by atoms with Crippen LogP contribution in [0.2, 0.25) is 0 Å². The molecule has 0 aliphatic heterocycles. The van der Waals surface area contributed by atoms with Crippen molar-refractivity contribution >= 4 is 0 Å². The summed E-state index contributed by atoms with van der Waals surface area (Å²) in [6.45, 7) is 37.0. The van der Waals surface area contributed by atoms with Gasteiger partial charge in [-0.3, -0.25) is 0 Å². The Hall–Kier alpha value is -0.520. The van der Waals surface area contributed by atoms with E-state index in [-0.39, 0.29) is 10.8 Å². The number of rotatable bonds is 6. The predicted octanol–water partition coefficient (Wildman–Crippen LogP) is 10.9. The zero-order valence-corrected chi connectivity index (χ0v) is 24.1. The van der Waals surface area contributed by atoms with Gasteiger partial charge in [-0.15, -0.1) is 0 Å². The maximum Gasteiger partial charge on any atom is -0.0123 e. The van der Waals surface area contributed by atoms with E-state index >= 15 is 0 Å². The Morgan fingerprint density at radius 2 is 0.867 bits per heavy atom. The number of unbranched alkanes of at least 4 members (excludes halogenated alkanes) is 1. The summed E-state index contributed by atoms with van der Waals surface area (Å²) in [7, 11) is 0. The van der Waals surface area contributed by atoms with Crippen molar-refractivity contribution in [1.82, 2.24) is 0 Å². The van der Waals surface area contributed by atoms with E-state index < -0.39 is 0 Å². The first-order valence-electron chi connectivity index (χ1n) is 12.3. The van der Waals surface area contributed by atoms with E-state index in [1.54, 1.807) is 0 Å². The molecule has 0 amide bonds. The largest absolute Gasteiger partial charge is 0.0791 e. The van der Waals surface area contributed by atoms with Crippen LogP contribution in [0.3, 0.4) is 0 Å². The molecule has 0 rings (SSSR count). The molecule has 0 aromatic rings. The molecule has 0 bridgehead atoms. The van der Waals surface area contributed by atoms with Crippen molar-refractivity contribution < 1.29 is 0 Å². The predicted molar refractivity (Wildman–Crippen MR) is 142 cm³/mol. The highest BCUT2D eigenvalue weighted by atomic mass is 14.4. The molecule has 0 aliphatic rings. The standard InChI is InChI=1S/C15H32.C15H28/c2*1-13(2,3)11-9-10-12-15(7,8)14(4,5)6/h9-12H2,1-8H3;9-12H,1-8H3/b;11-9+,12-10+. The minimum Gasteiger partial charge on any atom is -0.0791 e. The minimum absolute atomic E-state index is 0.231. The highest BCUT2D eigenvalue weighted by Gasteiger charge is 2.32. The van der Waals surface area contributed by atoms with Crippen LogP contribution in [-0.4, -0.2) is 0 Å². The topological polar surface area (TPSA) is 0 Å². The van der Waals surface area contributed by atoms with Crippen molar-refractivity contribution in [2.75, 3.05) is 0 Å². The van der Waals surface area contributed by atoms with Gasteiger partial charge in [-0.25, -0.2) is 0 Å². The summed E-state index contributed by atoms with van der Waals surface area (Å²) in [6.07, 6.45) is 14.3. The molecule has 0 N–H and O–H groups in total. The normalized spacial score (nSPS) is 14.9. The highest BCUT2D eigenvalue weighted by Crippen LogP contribution is 2.42. The molecule has 30 heavy (non-hydrogen) atoms. The van der Waals surface area contributed by atoms with E-state index in [4.69, 9.17) is 0 Å². The van der Waals surface area contributed by atoms with Gasteiger partial charge in [-0.1, -0.05) is 148 Å². The SMILES string of the molecule is CC(C)(C)/C=C/C=C/C(C)(C)C(C)(C)C.CC(C)(C)CCCCC(C)(C)C(C)(C)C. The van der Waals surface area contributed by atoms with Crippen molar-refractivity contribution in [3.8, 4) is 0 Å². The van der Waals surface area contributed by atoms with E-state index in [0.717, 1.165) is 0 Å². The average molecular weight is 421 g/mol. The molecule has 0 saturated heterocycles. The van der Waals surface area contributed by atoms with Crippen LogP contribution >= 0.6 is 0 Å². The summed E-state index contributed by atoms with van der Waals surface area (Å²) in [6, 6.07) is 0. The Bertz CT molecular complexity index is 510. The molecule has 0 radical (unpaired) electrons. The molecule has 0 aromatic carbocycles. The van der Waals surface area contributed by atoms with Crippen LogP contribution in [0.25, 0.3) is 0 Å². The van der Waals surface area contributed by atoms with Gasteiger partial charge < -0.3 is 0 Å². The molecule has 0 heteroatoms. The lowest BCUT2D eigenvalue weighted by Gasteiger charge is -2.39. The number of hydrogen-bond acceptors (Lipinski definition) is 0. The summed E-state index contributed by atoms with van der Waals surface area (Å²) in [5.41, 5.74) is 2.20. The Morgan fingerprint density at radius 3 is 1.20 bits per heavy atom. The molecule has 0 fully saturated rings. The van der Waals surface area contributed by atoms with Gasteiger partial charge in [0.05, 0.1) is 0 Å². The van der Waals surface area contributed by atoms with E-state index in [2.05, 4.69) is 135 Å². The first-order valence-corrected chi connectivity index (χ1v) is 12.3. The lowest BCUT2D eigenvalue weighted by atomic mass is 9.66. The zero-order chi connectivity index (χ0) is 24.7. The van der Waals surface area contributed by atoms with Gasteiger partial charge in [-0.05, 0) is 45.3 Å². The fraction of sp³-hybridized carbons (Fsp3) is 0.867. The van der Waals surface area contributed by atoms with Crippen molar-refractivity contribution in [2.24, 2.45) is 32.5 Å². The molecule has 0 aliphatic carbocycles.